The van der Waals surface area contributed by atoms with Gasteiger partial charge in [0.05, 0.1) is 58.9 Å². The second-order valence-electron chi connectivity index (χ2n) is 5.37. The fraction of sp³-hybridized carbons (Fsp3) is 0.769. The summed E-state index contributed by atoms with van der Waals surface area (Å²) in [4.78, 5) is 62.7. The minimum Gasteiger partial charge on any atom is -0.378 e. The summed E-state index contributed by atoms with van der Waals surface area (Å²) >= 11 is 0. The number of nitroso groups, excluding NO2 is 3. The molecule has 0 atom stereocenters. The van der Waals surface area contributed by atoms with E-state index in [4.69, 9.17) is 19.7 Å². The third-order valence-electron chi connectivity index (χ3n) is 3.11. The van der Waals surface area contributed by atoms with E-state index in [1.807, 2.05) is 0 Å². The van der Waals surface area contributed by atoms with E-state index in [0.29, 0.717) is 0 Å². The highest BCUT2D eigenvalue weighted by Gasteiger charge is 2.32. The largest absolute Gasteiger partial charge is 0.378 e. The van der Waals surface area contributed by atoms with E-state index >= 15 is 0 Å². The van der Waals surface area contributed by atoms with E-state index in [2.05, 4.69) is 26.2 Å². The Labute approximate surface area is 158 Å². The molecule has 0 saturated carbocycles. The van der Waals surface area contributed by atoms with Crippen LogP contribution in [-0.2, 0) is 28.6 Å². The van der Waals surface area contributed by atoms with Crippen LogP contribution in [0.4, 0.5) is 0 Å². The molecular formula is C13H20N6O9. The Morgan fingerprint density at radius 2 is 1.04 bits per heavy atom. The predicted molar refractivity (Wildman–Crippen MR) is 89.7 cm³/mol. The summed E-state index contributed by atoms with van der Waals surface area (Å²) in [5, 5.41) is 9.69. The van der Waals surface area contributed by atoms with Gasteiger partial charge in [-0.15, -0.1) is 14.7 Å². The normalized spacial score (nSPS) is 10.7. The van der Waals surface area contributed by atoms with Crippen molar-refractivity contribution in [2.45, 2.75) is 24.8 Å². The van der Waals surface area contributed by atoms with Gasteiger partial charge in [0.15, 0.2) is 0 Å². The molecular weight excluding hydrogens is 384 g/mol. The zero-order valence-corrected chi connectivity index (χ0v) is 14.8. The summed E-state index contributed by atoms with van der Waals surface area (Å²) < 4.78 is 15.8. The van der Waals surface area contributed by atoms with Crippen molar-refractivity contribution in [2.24, 2.45) is 20.8 Å². The molecule has 0 aromatic rings. The second-order valence-corrected chi connectivity index (χ2v) is 5.37. The lowest BCUT2D eigenvalue weighted by Crippen LogP contribution is -2.54. The first kappa shape index (κ1) is 25.1. The number of hydrogen-bond acceptors (Lipinski definition) is 11. The Balaban J connectivity index is 4.78. The van der Waals surface area contributed by atoms with Gasteiger partial charge in [-0.1, -0.05) is 5.22 Å². The Bertz CT molecular complexity index is 501. The zero-order valence-electron chi connectivity index (χ0n) is 14.8. The van der Waals surface area contributed by atoms with Crippen LogP contribution in [-0.4, -0.2) is 62.9 Å². The molecule has 2 N–H and O–H groups in total. The lowest BCUT2D eigenvalue weighted by atomic mass is 10.0. The molecule has 0 saturated heterocycles. The van der Waals surface area contributed by atoms with Crippen molar-refractivity contribution < 1.29 is 28.6 Å². The van der Waals surface area contributed by atoms with Crippen molar-refractivity contribution in [3.63, 3.8) is 0 Å². The van der Waals surface area contributed by atoms with Gasteiger partial charge in [0, 0.05) is 15.5 Å². The Morgan fingerprint density at radius 3 is 1.29 bits per heavy atom. The number of carbonyl (C=O) groups is 3. The van der Waals surface area contributed by atoms with Crippen molar-refractivity contribution in [3.8, 4) is 0 Å². The van der Waals surface area contributed by atoms with E-state index in [1.54, 1.807) is 0 Å². The molecule has 0 bridgehead atoms. The molecule has 0 aromatic carbocycles. The van der Waals surface area contributed by atoms with E-state index in [9.17, 15) is 29.1 Å². The van der Waals surface area contributed by atoms with Gasteiger partial charge in [0.2, 0.25) is 0 Å². The zero-order chi connectivity index (χ0) is 21.3. The van der Waals surface area contributed by atoms with Crippen molar-refractivity contribution in [3.05, 3.63) is 14.7 Å². The summed E-state index contributed by atoms with van der Waals surface area (Å²) in [6, 6.07) is 0. The van der Waals surface area contributed by atoms with Crippen LogP contribution in [0, 0.1) is 20.3 Å². The van der Waals surface area contributed by atoms with Gasteiger partial charge in [-0.05, 0) is 0 Å². The lowest BCUT2D eigenvalue weighted by molar-refractivity contribution is -0.119. The standard InChI is InChI=1S/C13H20N6O9/c14-19-18-13(7-26-4-1-10(20)15-23,8-27-5-2-11(21)16-24)9-28-6-3-12(22)17-25/h1-9H2,(H2,14,18). The fourth-order valence-corrected chi connectivity index (χ4v) is 1.76. The SMILES string of the molecule is N=NNC(COCCC(=O)N=O)(COCCC(=O)N=O)COCCC(=O)N=O. The van der Waals surface area contributed by atoms with E-state index in [0.717, 1.165) is 0 Å². The molecule has 15 heteroatoms. The van der Waals surface area contributed by atoms with Crippen molar-refractivity contribution in [1.82, 2.24) is 5.43 Å². The molecule has 0 aromatic heterocycles. The van der Waals surface area contributed by atoms with Crippen LogP contribution < -0.4 is 5.43 Å². The number of nitrogens with zero attached hydrogens (tertiary/aromatic N) is 4. The van der Waals surface area contributed by atoms with Gasteiger partial charge >= 0.3 is 0 Å². The molecule has 0 spiro atoms. The van der Waals surface area contributed by atoms with E-state index < -0.39 is 23.3 Å². The number of nitrogens with one attached hydrogen (secondary N) is 2. The van der Waals surface area contributed by atoms with Gasteiger partial charge in [0.25, 0.3) is 17.7 Å². The Kier molecular flexibility index (Phi) is 13.6. The summed E-state index contributed by atoms with van der Waals surface area (Å²) in [6.07, 6.45) is -0.797. The van der Waals surface area contributed by atoms with Gasteiger partial charge in [-0.3, -0.25) is 19.8 Å². The molecule has 156 valence electrons. The van der Waals surface area contributed by atoms with Gasteiger partial charge in [-0.25, -0.2) is 0 Å². The molecule has 0 aliphatic carbocycles. The topological polar surface area (TPSA) is 215 Å². The number of ether oxygens (including phenoxy) is 3. The lowest BCUT2D eigenvalue weighted by Gasteiger charge is -2.32. The molecule has 0 aliphatic heterocycles. The predicted octanol–water partition coefficient (Wildman–Crippen LogP) is 0.360. The van der Waals surface area contributed by atoms with Crippen LogP contribution in [0.1, 0.15) is 19.3 Å². The molecule has 15 nitrogen and oxygen atoms in total. The first-order valence-corrected chi connectivity index (χ1v) is 7.88. The first-order chi connectivity index (χ1) is 13.4. The van der Waals surface area contributed by atoms with Crippen LogP contribution in [0.3, 0.4) is 0 Å². The molecule has 3 amide bonds. The summed E-state index contributed by atoms with van der Waals surface area (Å²) in [5.41, 5.74) is 8.15. The maximum absolute atomic E-state index is 10.9. The number of amides is 3. The molecule has 28 heavy (non-hydrogen) atoms. The molecule has 0 fully saturated rings. The fourth-order valence-electron chi connectivity index (χ4n) is 1.76. The summed E-state index contributed by atoms with van der Waals surface area (Å²) in [6.45, 7) is -1.10. The highest BCUT2D eigenvalue weighted by molar-refractivity contribution is 5.77. The highest BCUT2D eigenvalue weighted by atomic mass is 16.5. The maximum Gasteiger partial charge on any atom is 0.288 e. The quantitative estimate of drug-likeness (QED) is 0.147. The molecule has 0 unspecified atom stereocenters. The van der Waals surface area contributed by atoms with Crippen LogP contribution in [0.15, 0.2) is 20.8 Å². The molecule has 0 heterocycles. The average Bonchev–Trinajstić information content (AvgIpc) is 2.71. The van der Waals surface area contributed by atoms with Crippen molar-refractivity contribution in [2.75, 3.05) is 39.6 Å². The molecule has 0 radical (unpaired) electrons. The minimum atomic E-state index is -1.27. The van der Waals surface area contributed by atoms with Gasteiger partial charge in [-0.2, -0.15) is 5.53 Å². The average molecular weight is 404 g/mol. The van der Waals surface area contributed by atoms with Crippen LogP contribution >= 0.6 is 0 Å². The van der Waals surface area contributed by atoms with Gasteiger partial charge in [0.1, 0.15) is 5.54 Å². The highest BCUT2D eigenvalue weighted by Crippen LogP contribution is 2.10. The molecule has 0 rings (SSSR count). The van der Waals surface area contributed by atoms with E-state index in [1.165, 1.54) is 0 Å². The summed E-state index contributed by atoms with van der Waals surface area (Å²) in [5.74, 6) is -2.72. The summed E-state index contributed by atoms with van der Waals surface area (Å²) in [7, 11) is 0. The van der Waals surface area contributed by atoms with Crippen LogP contribution in [0.2, 0.25) is 0 Å². The first-order valence-electron chi connectivity index (χ1n) is 7.88. The second kappa shape index (κ2) is 15.2. The molecule has 0 aliphatic rings. The monoisotopic (exact) mass is 404 g/mol. The van der Waals surface area contributed by atoms with E-state index in [-0.39, 0.29) is 58.9 Å². The Hall–Kier alpha value is -2.91. The van der Waals surface area contributed by atoms with Gasteiger partial charge < -0.3 is 14.2 Å². The van der Waals surface area contributed by atoms with Crippen molar-refractivity contribution in [1.29, 1.82) is 5.53 Å². The van der Waals surface area contributed by atoms with Crippen molar-refractivity contribution >= 4 is 17.7 Å². The van der Waals surface area contributed by atoms with Crippen LogP contribution in [0.5, 0.6) is 0 Å². The third kappa shape index (κ3) is 11.7. The Morgan fingerprint density at radius 1 is 0.714 bits per heavy atom. The number of rotatable bonds is 17. The minimum absolute atomic E-state index is 0.160. The smallest absolute Gasteiger partial charge is 0.288 e. The number of hydrogen-bond donors (Lipinski definition) is 2. The van der Waals surface area contributed by atoms with Crippen LogP contribution in [0.25, 0.3) is 0 Å². The maximum atomic E-state index is 10.9. The third-order valence-corrected chi connectivity index (χ3v) is 3.11. The number of carbonyl (C=O) groups excluding carboxylic acids is 3.